The van der Waals surface area contributed by atoms with Crippen molar-refractivity contribution in [2.45, 2.75) is 19.5 Å². The average Bonchev–Trinajstić information content (AvgIpc) is 2.82. The SMILES string of the molecule is Cn1cnnc1CN(CCCO)Cc1cccc(Cl)c1. The minimum Gasteiger partial charge on any atom is -0.396 e. The Hall–Kier alpha value is -1.43. The van der Waals surface area contributed by atoms with E-state index >= 15 is 0 Å². The first kappa shape index (κ1) is 15.0. The highest BCUT2D eigenvalue weighted by molar-refractivity contribution is 6.30. The van der Waals surface area contributed by atoms with Crippen LogP contribution in [-0.4, -0.2) is 37.9 Å². The molecule has 0 aliphatic carbocycles. The van der Waals surface area contributed by atoms with Gasteiger partial charge in [-0.2, -0.15) is 0 Å². The van der Waals surface area contributed by atoms with Crippen molar-refractivity contribution in [3.8, 4) is 0 Å². The largest absolute Gasteiger partial charge is 0.396 e. The molecule has 0 saturated heterocycles. The first-order valence-corrected chi connectivity index (χ1v) is 6.97. The molecule has 0 amide bonds. The summed E-state index contributed by atoms with van der Waals surface area (Å²) in [6, 6.07) is 7.83. The van der Waals surface area contributed by atoms with E-state index in [4.69, 9.17) is 16.7 Å². The monoisotopic (exact) mass is 294 g/mol. The maximum absolute atomic E-state index is 9.03. The van der Waals surface area contributed by atoms with Gasteiger partial charge in [0.2, 0.25) is 0 Å². The van der Waals surface area contributed by atoms with Gasteiger partial charge in [-0.3, -0.25) is 4.90 Å². The van der Waals surface area contributed by atoms with Crippen LogP contribution >= 0.6 is 11.6 Å². The second kappa shape index (κ2) is 7.38. The van der Waals surface area contributed by atoms with E-state index in [1.54, 1.807) is 6.33 Å². The fourth-order valence-electron chi connectivity index (χ4n) is 2.05. The highest BCUT2D eigenvalue weighted by Crippen LogP contribution is 2.14. The Morgan fingerprint density at radius 2 is 2.20 bits per heavy atom. The number of aromatic nitrogens is 3. The molecule has 20 heavy (non-hydrogen) atoms. The topological polar surface area (TPSA) is 54.2 Å². The Morgan fingerprint density at radius 3 is 2.85 bits per heavy atom. The molecule has 0 saturated carbocycles. The summed E-state index contributed by atoms with van der Waals surface area (Å²) in [5.41, 5.74) is 1.15. The molecule has 1 N–H and O–H groups in total. The fraction of sp³-hybridized carbons (Fsp3) is 0.429. The number of rotatable bonds is 7. The van der Waals surface area contributed by atoms with Gasteiger partial charge >= 0.3 is 0 Å². The summed E-state index contributed by atoms with van der Waals surface area (Å²) >= 11 is 6.02. The van der Waals surface area contributed by atoms with Crippen molar-refractivity contribution in [2.75, 3.05) is 13.2 Å². The lowest BCUT2D eigenvalue weighted by Gasteiger charge is -2.21. The van der Waals surface area contributed by atoms with Crippen LogP contribution in [0.4, 0.5) is 0 Å². The van der Waals surface area contributed by atoms with E-state index < -0.39 is 0 Å². The molecule has 0 atom stereocenters. The predicted octanol–water partition coefficient (Wildman–Crippen LogP) is 1.85. The molecular formula is C14H19ClN4O. The Labute approximate surface area is 123 Å². The molecule has 0 unspecified atom stereocenters. The van der Waals surface area contributed by atoms with Crippen molar-refractivity contribution in [2.24, 2.45) is 7.05 Å². The molecule has 5 nitrogen and oxygen atoms in total. The molecule has 108 valence electrons. The molecular weight excluding hydrogens is 276 g/mol. The Bertz CT molecular complexity index is 543. The average molecular weight is 295 g/mol. The molecule has 1 aromatic carbocycles. The van der Waals surface area contributed by atoms with Crippen LogP contribution in [0.1, 0.15) is 17.8 Å². The first-order valence-electron chi connectivity index (χ1n) is 6.59. The van der Waals surface area contributed by atoms with E-state index in [1.807, 2.05) is 29.8 Å². The number of nitrogens with zero attached hydrogens (tertiary/aromatic N) is 4. The van der Waals surface area contributed by atoms with Crippen molar-refractivity contribution in [3.63, 3.8) is 0 Å². The Morgan fingerprint density at radius 1 is 1.35 bits per heavy atom. The third kappa shape index (κ3) is 4.30. The summed E-state index contributed by atoms with van der Waals surface area (Å²) in [6.07, 6.45) is 2.43. The standard InChI is InChI=1S/C14H19ClN4O/c1-18-11-16-17-14(18)10-19(6-3-7-20)9-12-4-2-5-13(15)8-12/h2,4-5,8,11,20H,3,6-7,9-10H2,1H3. The van der Waals surface area contributed by atoms with Crippen LogP contribution in [0, 0.1) is 0 Å². The summed E-state index contributed by atoms with van der Waals surface area (Å²) in [6.45, 7) is 2.46. The molecule has 1 heterocycles. The van der Waals surface area contributed by atoms with Crippen molar-refractivity contribution >= 4 is 11.6 Å². The van der Waals surface area contributed by atoms with Gasteiger partial charge in [0, 0.05) is 31.8 Å². The molecule has 0 fully saturated rings. The third-order valence-electron chi connectivity index (χ3n) is 3.10. The first-order chi connectivity index (χ1) is 9.69. The molecule has 2 rings (SSSR count). The molecule has 0 spiro atoms. The van der Waals surface area contributed by atoms with Crippen molar-refractivity contribution < 1.29 is 5.11 Å². The number of hydrogen-bond acceptors (Lipinski definition) is 4. The van der Waals surface area contributed by atoms with Crippen molar-refractivity contribution in [1.82, 2.24) is 19.7 Å². The third-order valence-corrected chi connectivity index (χ3v) is 3.33. The highest BCUT2D eigenvalue weighted by atomic mass is 35.5. The summed E-state index contributed by atoms with van der Waals surface area (Å²) in [5, 5.41) is 17.8. The number of hydrogen-bond donors (Lipinski definition) is 1. The van der Waals surface area contributed by atoms with Crippen LogP contribution in [0.2, 0.25) is 5.02 Å². The molecule has 0 bridgehead atoms. The van der Waals surface area contributed by atoms with Crippen LogP contribution in [0.5, 0.6) is 0 Å². The van der Waals surface area contributed by atoms with Gasteiger partial charge in [0.1, 0.15) is 12.2 Å². The number of aryl methyl sites for hydroxylation is 1. The quantitative estimate of drug-likeness (QED) is 0.847. The maximum Gasteiger partial charge on any atom is 0.146 e. The zero-order valence-electron chi connectivity index (χ0n) is 11.5. The molecule has 0 aliphatic heterocycles. The minimum absolute atomic E-state index is 0.185. The van der Waals surface area contributed by atoms with Gasteiger partial charge in [-0.15, -0.1) is 10.2 Å². The van der Waals surface area contributed by atoms with E-state index in [-0.39, 0.29) is 6.61 Å². The number of aliphatic hydroxyl groups is 1. The number of aliphatic hydroxyl groups excluding tert-OH is 1. The lowest BCUT2D eigenvalue weighted by atomic mass is 10.2. The molecule has 0 radical (unpaired) electrons. The van der Waals surface area contributed by atoms with Gasteiger partial charge in [-0.1, -0.05) is 23.7 Å². The van der Waals surface area contributed by atoms with Crippen LogP contribution in [-0.2, 0) is 20.1 Å². The predicted molar refractivity (Wildman–Crippen MR) is 78.3 cm³/mol. The lowest BCUT2D eigenvalue weighted by molar-refractivity contribution is 0.207. The second-order valence-corrected chi connectivity index (χ2v) is 5.21. The fourth-order valence-corrected chi connectivity index (χ4v) is 2.27. The summed E-state index contributed by atoms with van der Waals surface area (Å²) in [4.78, 5) is 2.23. The molecule has 0 aliphatic rings. The Kier molecular flexibility index (Phi) is 5.52. The normalized spacial score (nSPS) is 11.2. The van der Waals surface area contributed by atoms with Crippen LogP contribution in [0.3, 0.4) is 0 Å². The number of benzene rings is 1. The van der Waals surface area contributed by atoms with Crippen molar-refractivity contribution in [1.29, 1.82) is 0 Å². The van der Waals surface area contributed by atoms with Gasteiger partial charge in [-0.05, 0) is 24.1 Å². The molecule has 1 aromatic heterocycles. The van der Waals surface area contributed by atoms with Gasteiger partial charge in [0.25, 0.3) is 0 Å². The van der Waals surface area contributed by atoms with E-state index in [9.17, 15) is 0 Å². The van der Waals surface area contributed by atoms with Gasteiger partial charge in [0.05, 0.1) is 6.54 Å². The maximum atomic E-state index is 9.03. The Balaban J connectivity index is 2.05. The molecule has 2 aromatic rings. The summed E-state index contributed by atoms with van der Waals surface area (Å²) in [7, 11) is 1.93. The van der Waals surface area contributed by atoms with Crippen LogP contribution in [0.25, 0.3) is 0 Å². The summed E-state index contributed by atoms with van der Waals surface area (Å²) < 4.78 is 1.91. The highest BCUT2D eigenvalue weighted by Gasteiger charge is 2.10. The van der Waals surface area contributed by atoms with Crippen LogP contribution < -0.4 is 0 Å². The van der Waals surface area contributed by atoms with Gasteiger partial charge < -0.3 is 9.67 Å². The van der Waals surface area contributed by atoms with Gasteiger partial charge in [0.15, 0.2) is 0 Å². The lowest BCUT2D eigenvalue weighted by Crippen LogP contribution is -2.26. The zero-order chi connectivity index (χ0) is 14.4. The van der Waals surface area contributed by atoms with E-state index in [0.29, 0.717) is 6.54 Å². The minimum atomic E-state index is 0.185. The van der Waals surface area contributed by atoms with Gasteiger partial charge in [-0.25, -0.2) is 0 Å². The van der Waals surface area contributed by atoms with E-state index in [0.717, 1.165) is 35.9 Å². The molecule has 6 heteroatoms. The number of halogens is 1. The smallest absolute Gasteiger partial charge is 0.146 e. The van der Waals surface area contributed by atoms with E-state index in [2.05, 4.69) is 21.2 Å². The van der Waals surface area contributed by atoms with Crippen LogP contribution in [0.15, 0.2) is 30.6 Å². The second-order valence-electron chi connectivity index (χ2n) is 4.78. The zero-order valence-corrected chi connectivity index (χ0v) is 12.3. The van der Waals surface area contributed by atoms with Crippen molar-refractivity contribution in [3.05, 3.63) is 47.0 Å². The van der Waals surface area contributed by atoms with E-state index in [1.165, 1.54) is 0 Å². The summed E-state index contributed by atoms with van der Waals surface area (Å²) in [5.74, 6) is 0.907.